The van der Waals surface area contributed by atoms with Crippen LogP contribution < -0.4 is 4.72 Å². The molecule has 0 aliphatic rings. The monoisotopic (exact) mass is 488 g/mol. The average molecular weight is 490 g/mol. The van der Waals surface area contributed by atoms with Crippen LogP contribution in [0.5, 0.6) is 0 Å². The van der Waals surface area contributed by atoms with Crippen LogP contribution in [0.3, 0.4) is 0 Å². The van der Waals surface area contributed by atoms with E-state index in [2.05, 4.69) is 36.6 Å². The van der Waals surface area contributed by atoms with Gasteiger partial charge in [0.15, 0.2) is 0 Å². The van der Waals surface area contributed by atoms with Gasteiger partial charge >= 0.3 is 0 Å². The van der Waals surface area contributed by atoms with Crippen molar-refractivity contribution in [3.8, 4) is 0 Å². The highest BCUT2D eigenvalue weighted by Crippen LogP contribution is 2.28. The number of halogens is 2. The number of nitrogens with zero attached hydrogens (tertiary/aromatic N) is 1. The summed E-state index contributed by atoms with van der Waals surface area (Å²) >= 11 is 6.57. The number of rotatable bonds is 6. The molecular formula is C17H18Br2N2O3S. The normalized spacial score (nSPS) is 11.2. The molecule has 0 fully saturated rings. The van der Waals surface area contributed by atoms with Crippen molar-refractivity contribution in [3.63, 3.8) is 0 Å². The number of anilines is 1. The van der Waals surface area contributed by atoms with Gasteiger partial charge < -0.3 is 4.90 Å². The number of amides is 1. The molecule has 0 atom stereocenters. The van der Waals surface area contributed by atoms with E-state index in [9.17, 15) is 13.2 Å². The molecule has 0 heterocycles. The Bertz CT molecular complexity index is 885. The topological polar surface area (TPSA) is 66.5 Å². The lowest BCUT2D eigenvalue weighted by atomic mass is 10.1. The maximum absolute atomic E-state index is 12.8. The predicted octanol–water partition coefficient (Wildman–Crippen LogP) is 4.38. The quantitative estimate of drug-likeness (QED) is 0.654. The van der Waals surface area contributed by atoms with Crippen LogP contribution in [-0.4, -0.2) is 25.8 Å². The van der Waals surface area contributed by atoms with Crippen LogP contribution in [-0.2, 0) is 21.4 Å². The molecular weight excluding hydrogens is 472 g/mol. The Morgan fingerprint density at radius 3 is 2.48 bits per heavy atom. The summed E-state index contributed by atoms with van der Waals surface area (Å²) in [4.78, 5) is 13.4. The molecule has 0 aromatic heterocycles. The molecule has 2 aromatic carbocycles. The molecule has 0 saturated carbocycles. The summed E-state index contributed by atoms with van der Waals surface area (Å²) in [6.07, 6.45) is 0. The Kier molecular flexibility index (Phi) is 6.65. The highest BCUT2D eigenvalue weighted by Gasteiger charge is 2.20. The first-order valence-electron chi connectivity index (χ1n) is 7.56. The molecule has 0 saturated heterocycles. The maximum atomic E-state index is 12.8. The lowest BCUT2D eigenvalue weighted by Crippen LogP contribution is -2.28. The van der Waals surface area contributed by atoms with Crippen molar-refractivity contribution in [2.24, 2.45) is 0 Å². The van der Waals surface area contributed by atoms with Crippen LogP contribution in [0.15, 0.2) is 56.3 Å². The van der Waals surface area contributed by atoms with E-state index in [1.165, 1.54) is 13.0 Å². The second kappa shape index (κ2) is 8.33. The Morgan fingerprint density at radius 2 is 1.84 bits per heavy atom. The summed E-state index contributed by atoms with van der Waals surface area (Å²) < 4.78 is 29.3. The molecule has 8 heteroatoms. The molecule has 1 amide bonds. The lowest BCUT2D eigenvalue weighted by Gasteiger charge is -2.21. The van der Waals surface area contributed by atoms with E-state index < -0.39 is 10.0 Å². The summed E-state index contributed by atoms with van der Waals surface area (Å²) in [6, 6.07) is 12.0. The Balaban J connectivity index is 2.37. The standard InChI is InChI=1S/C17H18Br2N2O3S/c1-3-21(12(2)22)11-13-6-4-5-7-16(13)20-25(23,24)17-10-14(18)8-9-15(17)19/h4-10,20H,3,11H2,1-2H3. The second-order valence-corrected chi connectivity index (χ2v) is 8.79. The third-order valence-corrected chi connectivity index (χ3v) is 6.49. The molecule has 134 valence electrons. The van der Waals surface area contributed by atoms with Gasteiger partial charge in [-0.25, -0.2) is 8.42 Å². The second-order valence-electron chi connectivity index (χ2n) is 5.37. The molecule has 0 spiro atoms. The van der Waals surface area contributed by atoms with Gasteiger partial charge in [0.1, 0.15) is 4.90 Å². The van der Waals surface area contributed by atoms with Gasteiger partial charge in [-0.2, -0.15) is 0 Å². The van der Waals surface area contributed by atoms with Crippen LogP contribution in [0.1, 0.15) is 19.4 Å². The summed E-state index contributed by atoms with van der Waals surface area (Å²) in [7, 11) is -3.78. The highest BCUT2D eigenvalue weighted by atomic mass is 79.9. The van der Waals surface area contributed by atoms with Gasteiger partial charge in [0, 0.05) is 29.0 Å². The maximum Gasteiger partial charge on any atom is 0.263 e. The van der Waals surface area contributed by atoms with Gasteiger partial charge in [-0.1, -0.05) is 34.1 Å². The fourth-order valence-electron chi connectivity index (χ4n) is 2.29. The third kappa shape index (κ3) is 5.05. The van der Waals surface area contributed by atoms with E-state index in [-0.39, 0.29) is 10.8 Å². The zero-order valence-electron chi connectivity index (χ0n) is 13.8. The Hall–Kier alpha value is -1.38. The van der Waals surface area contributed by atoms with Gasteiger partial charge in [0.25, 0.3) is 10.0 Å². The Labute approximate surface area is 164 Å². The van der Waals surface area contributed by atoms with E-state index in [1.54, 1.807) is 35.2 Å². The van der Waals surface area contributed by atoms with Crippen molar-refractivity contribution in [2.45, 2.75) is 25.3 Å². The summed E-state index contributed by atoms with van der Waals surface area (Å²) in [5, 5.41) is 0. The molecule has 0 aliphatic heterocycles. The number of hydrogen-bond donors (Lipinski definition) is 1. The lowest BCUT2D eigenvalue weighted by molar-refractivity contribution is -0.129. The van der Waals surface area contributed by atoms with Crippen LogP contribution in [0.2, 0.25) is 0 Å². The number of carbonyl (C=O) groups is 1. The molecule has 0 radical (unpaired) electrons. The van der Waals surface area contributed by atoms with Gasteiger partial charge in [-0.3, -0.25) is 9.52 Å². The van der Waals surface area contributed by atoms with Crippen molar-refractivity contribution < 1.29 is 13.2 Å². The van der Waals surface area contributed by atoms with E-state index in [1.807, 2.05) is 13.0 Å². The summed E-state index contributed by atoms with van der Waals surface area (Å²) in [5.74, 6) is -0.0603. The molecule has 0 bridgehead atoms. The van der Waals surface area contributed by atoms with E-state index in [0.29, 0.717) is 27.7 Å². The van der Waals surface area contributed by atoms with Crippen molar-refractivity contribution in [3.05, 3.63) is 57.0 Å². The number of carbonyl (C=O) groups excluding carboxylic acids is 1. The molecule has 25 heavy (non-hydrogen) atoms. The molecule has 2 rings (SSSR count). The largest absolute Gasteiger partial charge is 0.339 e. The number of benzene rings is 2. The van der Waals surface area contributed by atoms with Crippen LogP contribution in [0, 0.1) is 0 Å². The number of para-hydroxylation sites is 1. The molecule has 0 aliphatic carbocycles. The van der Waals surface area contributed by atoms with Crippen LogP contribution in [0.25, 0.3) is 0 Å². The predicted molar refractivity (Wildman–Crippen MR) is 106 cm³/mol. The summed E-state index contributed by atoms with van der Waals surface area (Å²) in [6.45, 7) is 4.26. The Morgan fingerprint density at radius 1 is 1.16 bits per heavy atom. The number of hydrogen-bond acceptors (Lipinski definition) is 3. The highest BCUT2D eigenvalue weighted by molar-refractivity contribution is 9.11. The zero-order chi connectivity index (χ0) is 18.6. The number of nitrogens with one attached hydrogen (secondary N) is 1. The molecule has 0 unspecified atom stereocenters. The van der Waals surface area contributed by atoms with Crippen molar-refractivity contribution >= 4 is 53.5 Å². The smallest absolute Gasteiger partial charge is 0.263 e. The molecule has 1 N–H and O–H groups in total. The third-order valence-electron chi connectivity index (χ3n) is 3.63. The first-order chi connectivity index (χ1) is 11.7. The minimum absolute atomic E-state index is 0.0603. The van der Waals surface area contributed by atoms with Crippen LogP contribution in [0.4, 0.5) is 5.69 Å². The van der Waals surface area contributed by atoms with Gasteiger partial charge in [0.2, 0.25) is 5.91 Å². The molecule has 5 nitrogen and oxygen atoms in total. The van der Waals surface area contributed by atoms with Crippen molar-refractivity contribution in [1.82, 2.24) is 4.90 Å². The van der Waals surface area contributed by atoms with Crippen molar-refractivity contribution in [1.29, 1.82) is 0 Å². The first kappa shape index (κ1) is 19.9. The van der Waals surface area contributed by atoms with Crippen LogP contribution >= 0.6 is 31.9 Å². The SMILES string of the molecule is CCN(Cc1ccccc1NS(=O)(=O)c1cc(Br)ccc1Br)C(C)=O. The van der Waals surface area contributed by atoms with Gasteiger partial charge in [0.05, 0.1) is 5.69 Å². The minimum Gasteiger partial charge on any atom is -0.339 e. The first-order valence-corrected chi connectivity index (χ1v) is 10.6. The molecule has 2 aromatic rings. The zero-order valence-corrected chi connectivity index (χ0v) is 17.8. The summed E-state index contributed by atoms with van der Waals surface area (Å²) in [5.41, 5.74) is 1.18. The minimum atomic E-state index is -3.78. The fourth-order valence-corrected chi connectivity index (χ4v) is 4.90. The van der Waals surface area contributed by atoms with Crippen molar-refractivity contribution in [2.75, 3.05) is 11.3 Å². The fraction of sp³-hybridized carbons (Fsp3) is 0.235. The van der Waals surface area contributed by atoms with Gasteiger partial charge in [-0.15, -0.1) is 0 Å². The average Bonchev–Trinajstić information content (AvgIpc) is 2.55. The number of sulfonamides is 1. The van der Waals surface area contributed by atoms with Gasteiger partial charge in [-0.05, 0) is 52.7 Å². The van der Waals surface area contributed by atoms with E-state index in [0.717, 1.165) is 5.56 Å². The van der Waals surface area contributed by atoms with E-state index >= 15 is 0 Å². The van der Waals surface area contributed by atoms with E-state index in [4.69, 9.17) is 0 Å².